The zero-order valence-electron chi connectivity index (χ0n) is 14.1. The molecule has 0 saturated carbocycles. The smallest absolute Gasteiger partial charge is 0.336 e. The summed E-state index contributed by atoms with van der Waals surface area (Å²) < 4.78 is 0. The van der Waals surface area contributed by atoms with E-state index >= 15 is 0 Å². The minimum absolute atomic E-state index is 0.0418. The maximum atomic E-state index is 12.2. The third-order valence-electron chi connectivity index (χ3n) is 4.08. The Balaban J connectivity index is 2.29. The summed E-state index contributed by atoms with van der Waals surface area (Å²) >= 11 is 0. The third-order valence-corrected chi connectivity index (χ3v) is 4.08. The Morgan fingerprint density at radius 3 is 2.04 bits per heavy atom. The molecule has 4 heteroatoms. The first-order chi connectivity index (χ1) is 11.1. The van der Waals surface area contributed by atoms with Crippen LogP contribution in [0.5, 0.6) is 0 Å². The number of aromatic carboxylic acids is 1. The second-order valence-corrected chi connectivity index (χ2v) is 6.11. The van der Waals surface area contributed by atoms with E-state index in [-0.39, 0.29) is 16.9 Å². The fourth-order valence-corrected chi connectivity index (χ4v) is 2.71. The third kappa shape index (κ3) is 7.31. The maximum Gasteiger partial charge on any atom is 0.336 e. The predicted molar refractivity (Wildman–Crippen MR) is 94.0 cm³/mol. The molecule has 0 aliphatic rings. The van der Waals surface area contributed by atoms with E-state index in [2.05, 4.69) is 6.92 Å². The van der Waals surface area contributed by atoms with Gasteiger partial charge < -0.3 is 10.8 Å². The molecule has 0 heterocycles. The number of hydrogen-bond acceptors (Lipinski definition) is 3. The van der Waals surface area contributed by atoms with Crippen LogP contribution in [0.3, 0.4) is 0 Å². The monoisotopic (exact) mass is 319 g/mol. The SMILES string of the molecule is CCCCCCCCCCCC(=O)c1cc(N)ccc1C(=O)O. The van der Waals surface area contributed by atoms with Crippen molar-refractivity contribution >= 4 is 17.4 Å². The lowest BCUT2D eigenvalue weighted by Crippen LogP contribution is -2.09. The Labute approximate surface area is 139 Å². The molecule has 0 saturated heterocycles. The number of rotatable bonds is 12. The highest BCUT2D eigenvalue weighted by Gasteiger charge is 2.16. The summed E-state index contributed by atoms with van der Waals surface area (Å²) in [7, 11) is 0. The second-order valence-electron chi connectivity index (χ2n) is 6.11. The molecule has 0 aliphatic carbocycles. The fourth-order valence-electron chi connectivity index (χ4n) is 2.71. The number of nitrogens with two attached hydrogens (primary N) is 1. The molecule has 0 spiro atoms. The van der Waals surface area contributed by atoms with Gasteiger partial charge in [0.15, 0.2) is 5.78 Å². The summed E-state index contributed by atoms with van der Waals surface area (Å²) in [5.41, 5.74) is 6.36. The lowest BCUT2D eigenvalue weighted by atomic mass is 9.98. The van der Waals surface area contributed by atoms with Gasteiger partial charge in [-0.1, -0.05) is 58.3 Å². The van der Waals surface area contributed by atoms with Crippen LogP contribution >= 0.6 is 0 Å². The molecule has 0 aromatic heterocycles. The molecule has 0 unspecified atom stereocenters. The van der Waals surface area contributed by atoms with E-state index < -0.39 is 5.97 Å². The van der Waals surface area contributed by atoms with E-state index in [0.29, 0.717) is 12.1 Å². The summed E-state index contributed by atoms with van der Waals surface area (Å²) in [6.07, 6.45) is 11.1. The van der Waals surface area contributed by atoms with Gasteiger partial charge in [0.2, 0.25) is 0 Å². The first kappa shape index (κ1) is 19.2. The second kappa shape index (κ2) is 10.8. The molecule has 1 aromatic rings. The number of anilines is 1. The molecule has 0 fully saturated rings. The number of benzene rings is 1. The highest BCUT2D eigenvalue weighted by Crippen LogP contribution is 2.18. The molecule has 1 aromatic carbocycles. The number of ketones is 1. The lowest BCUT2D eigenvalue weighted by Gasteiger charge is -2.07. The van der Waals surface area contributed by atoms with Crippen molar-refractivity contribution in [3.05, 3.63) is 29.3 Å². The van der Waals surface area contributed by atoms with Gasteiger partial charge in [0, 0.05) is 17.7 Å². The predicted octanol–water partition coefficient (Wildman–Crippen LogP) is 5.07. The van der Waals surface area contributed by atoms with E-state index in [1.54, 1.807) is 0 Å². The van der Waals surface area contributed by atoms with Crippen LogP contribution in [0.4, 0.5) is 5.69 Å². The van der Waals surface area contributed by atoms with Crippen LogP contribution < -0.4 is 5.73 Å². The molecule has 0 atom stereocenters. The van der Waals surface area contributed by atoms with Crippen molar-refractivity contribution in [2.75, 3.05) is 5.73 Å². The van der Waals surface area contributed by atoms with Gasteiger partial charge in [0.1, 0.15) is 0 Å². The number of carbonyl (C=O) groups is 2. The van der Waals surface area contributed by atoms with Crippen LogP contribution in [0.25, 0.3) is 0 Å². The summed E-state index contributed by atoms with van der Waals surface area (Å²) in [4.78, 5) is 23.4. The molecule has 0 amide bonds. The van der Waals surface area contributed by atoms with Gasteiger partial charge in [-0.15, -0.1) is 0 Å². The number of nitrogen functional groups attached to an aromatic ring is 1. The quantitative estimate of drug-likeness (QED) is 0.320. The van der Waals surface area contributed by atoms with Crippen LogP contribution in [-0.4, -0.2) is 16.9 Å². The molecule has 1 rings (SSSR count). The highest BCUT2D eigenvalue weighted by molar-refractivity contribution is 6.06. The van der Waals surface area contributed by atoms with E-state index in [4.69, 9.17) is 10.8 Å². The standard InChI is InChI=1S/C19H29NO3/c1-2-3-4-5-6-7-8-9-10-11-18(21)17-14-15(20)12-13-16(17)19(22)23/h12-14H,2-11,20H2,1H3,(H,22,23). The van der Waals surface area contributed by atoms with E-state index in [1.165, 1.54) is 56.7 Å². The number of Topliss-reactive ketones (excluding diaryl/α,β-unsaturated/α-hetero) is 1. The minimum Gasteiger partial charge on any atom is -0.478 e. The zero-order chi connectivity index (χ0) is 17.1. The van der Waals surface area contributed by atoms with Gasteiger partial charge in [-0.25, -0.2) is 4.79 Å². The van der Waals surface area contributed by atoms with Crippen LogP contribution in [-0.2, 0) is 0 Å². The number of carboxylic acid groups (broad SMARTS) is 1. The first-order valence-electron chi connectivity index (χ1n) is 8.72. The van der Waals surface area contributed by atoms with Gasteiger partial charge in [0.25, 0.3) is 0 Å². The Morgan fingerprint density at radius 1 is 0.913 bits per heavy atom. The van der Waals surface area contributed by atoms with Crippen LogP contribution in [0, 0.1) is 0 Å². The molecule has 0 aliphatic heterocycles. The topological polar surface area (TPSA) is 80.4 Å². The molecule has 3 N–H and O–H groups in total. The van der Waals surface area contributed by atoms with E-state index in [0.717, 1.165) is 19.3 Å². The first-order valence-corrected chi connectivity index (χ1v) is 8.72. The molecule has 0 bridgehead atoms. The maximum absolute atomic E-state index is 12.2. The Bertz CT molecular complexity index is 511. The van der Waals surface area contributed by atoms with Gasteiger partial charge in [-0.05, 0) is 24.6 Å². The summed E-state index contributed by atoms with van der Waals surface area (Å²) in [6.45, 7) is 2.22. The van der Waals surface area contributed by atoms with Gasteiger partial charge >= 0.3 is 5.97 Å². The van der Waals surface area contributed by atoms with Gasteiger partial charge in [-0.2, -0.15) is 0 Å². The van der Waals surface area contributed by atoms with Crippen molar-refractivity contribution in [3.8, 4) is 0 Å². The Kier molecular flexibility index (Phi) is 9.03. The van der Waals surface area contributed by atoms with Crippen molar-refractivity contribution in [2.45, 2.75) is 71.1 Å². The number of hydrogen-bond donors (Lipinski definition) is 2. The van der Waals surface area contributed by atoms with Crippen LogP contribution in [0.15, 0.2) is 18.2 Å². The zero-order valence-corrected chi connectivity index (χ0v) is 14.1. The van der Waals surface area contributed by atoms with Crippen LogP contribution in [0.2, 0.25) is 0 Å². The van der Waals surface area contributed by atoms with Crippen molar-refractivity contribution in [3.63, 3.8) is 0 Å². The van der Waals surface area contributed by atoms with E-state index in [9.17, 15) is 9.59 Å². The average molecular weight is 319 g/mol. The molecule has 128 valence electrons. The summed E-state index contributed by atoms with van der Waals surface area (Å²) in [6, 6.07) is 4.39. The average Bonchev–Trinajstić information content (AvgIpc) is 2.52. The Morgan fingerprint density at radius 2 is 1.48 bits per heavy atom. The van der Waals surface area contributed by atoms with Crippen molar-refractivity contribution in [1.82, 2.24) is 0 Å². The fraction of sp³-hybridized carbons (Fsp3) is 0.579. The van der Waals surface area contributed by atoms with Crippen molar-refractivity contribution < 1.29 is 14.7 Å². The number of carbonyl (C=O) groups excluding carboxylic acids is 1. The molecular formula is C19H29NO3. The minimum atomic E-state index is -1.08. The Hall–Kier alpha value is -1.84. The molecule has 4 nitrogen and oxygen atoms in total. The van der Waals surface area contributed by atoms with Crippen LogP contribution in [0.1, 0.15) is 91.8 Å². The lowest BCUT2D eigenvalue weighted by molar-refractivity contribution is 0.0691. The van der Waals surface area contributed by atoms with Crippen molar-refractivity contribution in [2.24, 2.45) is 0 Å². The van der Waals surface area contributed by atoms with Crippen molar-refractivity contribution in [1.29, 1.82) is 0 Å². The number of carboxylic acids is 1. The number of unbranched alkanes of at least 4 members (excludes halogenated alkanes) is 8. The molecule has 0 radical (unpaired) electrons. The van der Waals surface area contributed by atoms with E-state index in [1.807, 2.05) is 0 Å². The normalized spacial score (nSPS) is 10.7. The highest BCUT2D eigenvalue weighted by atomic mass is 16.4. The summed E-state index contributed by atoms with van der Waals surface area (Å²) in [5.74, 6) is -1.21. The molecule has 23 heavy (non-hydrogen) atoms. The largest absolute Gasteiger partial charge is 0.478 e. The van der Waals surface area contributed by atoms with Gasteiger partial charge in [-0.3, -0.25) is 4.79 Å². The molecular weight excluding hydrogens is 290 g/mol. The summed E-state index contributed by atoms with van der Waals surface area (Å²) in [5, 5.41) is 9.14. The van der Waals surface area contributed by atoms with Gasteiger partial charge in [0.05, 0.1) is 5.56 Å².